The number of hydrogen-bond donors (Lipinski definition) is 2. The van der Waals surface area contributed by atoms with Crippen LogP contribution in [0.15, 0.2) is 24.3 Å². The van der Waals surface area contributed by atoms with Gasteiger partial charge in [-0.2, -0.15) is 0 Å². The van der Waals surface area contributed by atoms with Gasteiger partial charge in [-0.3, -0.25) is 0 Å². The Kier molecular flexibility index (Phi) is 4.53. The lowest BCUT2D eigenvalue weighted by molar-refractivity contribution is 0.131. The molecule has 2 N–H and O–H groups in total. The van der Waals surface area contributed by atoms with Crippen LogP contribution in [-0.2, 0) is 0 Å². The summed E-state index contributed by atoms with van der Waals surface area (Å²) in [7, 11) is 0. The zero-order chi connectivity index (χ0) is 11.8. The first-order valence-electron chi connectivity index (χ1n) is 5.69. The summed E-state index contributed by atoms with van der Waals surface area (Å²) < 4.78 is 13.0. The van der Waals surface area contributed by atoms with Crippen LogP contribution in [0.4, 0.5) is 4.39 Å². The van der Waals surface area contributed by atoms with Crippen LogP contribution in [0.25, 0.3) is 0 Å². The number of benzene rings is 1. The molecule has 0 bridgehead atoms. The molecule has 0 amide bonds. The standard InChI is InChI=1S/C13H18FNO.ClH/c1-13(2)7-6-11(15-13)12(16)9-4-3-5-10(14)8-9;/h3-5,8,11-12,15-16H,6-7H2,1-2H3;1H/t11-,12+;/m1./s1. The maximum absolute atomic E-state index is 13.0. The first-order chi connectivity index (χ1) is 7.48. The molecule has 1 heterocycles. The summed E-state index contributed by atoms with van der Waals surface area (Å²) in [6.07, 6.45) is 1.33. The average Bonchev–Trinajstić information content (AvgIpc) is 2.58. The van der Waals surface area contributed by atoms with Gasteiger partial charge in [-0.1, -0.05) is 12.1 Å². The quantitative estimate of drug-likeness (QED) is 0.856. The van der Waals surface area contributed by atoms with Crippen molar-refractivity contribution >= 4 is 12.4 Å². The summed E-state index contributed by atoms with van der Waals surface area (Å²) in [5, 5.41) is 13.5. The second-order valence-corrected chi connectivity index (χ2v) is 5.17. The van der Waals surface area contributed by atoms with Gasteiger partial charge in [0.05, 0.1) is 6.10 Å². The average molecular weight is 260 g/mol. The van der Waals surface area contributed by atoms with Crippen molar-refractivity contribution in [3.8, 4) is 0 Å². The van der Waals surface area contributed by atoms with Crippen molar-refractivity contribution in [2.45, 2.75) is 44.4 Å². The second-order valence-electron chi connectivity index (χ2n) is 5.17. The zero-order valence-corrected chi connectivity index (χ0v) is 10.9. The lowest BCUT2D eigenvalue weighted by atomic mass is 10.00. The molecule has 0 radical (unpaired) electrons. The summed E-state index contributed by atoms with van der Waals surface area (Å²) in [5.41, 5.74) is 0.717. The van der Waals surface area contributed by atoms with Gasteiger partial charge < -0.3 is 10.4 Å². The van der Waals surface area contributed by atoms with E-state index in [1.807, 2.05) is 0 Å². The molecule has 1 aromatic rings. The van der Waals surface area contributed by atoms with Crippen molar-refractivity contribution in [3.63, 3.8) is 0 Å². The summed E-state index contributed by atoms with van der Waals surface area (Å²) in [5.74, 6) is -0.297. The minimum Gasteiger partial charge on any atom is -0.387 e. The van der Waals surface area contributed by atoms with E-state index < -0.39 is 6.10 Å². The van der Waals surface area contributed by atoms with E-state index in [4.69, 9.17) is 0 Å². The molecule has 0 unspecified atom stereocenters. The highest BCUT2D eigenvalue weighted by atomic mass is 35.5. The van der Waals surface area contributed by atoms with Crippen molar-refractivity contribution in [1.29, 1.82) is 0 Å². The molecule has 0 spiro atoms. The van der Waals surface area contributed by atoms with Gasteiger partial charge in [-0.25, -0.2) is 4.39 Å². The van der Waals surface area contributed by atoms with Crippen LogP contribution in [0.1, 0.15) is 38.4 Å². The van der Waals surface area contributed by atoms with Crippen LogP contribution in [0, 0.1) is 5.82 Å². The van der Waals surface area contributed by atoms with Crippen LogP contribution in [0.3, 0.4) is 0 Å². The van der Waals surface area contributed by atoms with Crippen molar-refractivity contribution in [2.24, 2.45) is 0 Å². The number of aliphatic hydroxyl groups is 1. The predicted molar refractivity (Wildman–Crippen MR) is 68.8 cm³/mol. The van der Waals surface area contributed by atoms with E-state index in [-0.39, 0.29) is 29.8 Å². The van der Waals surface area contributed by atoms with Crippen molar-refractivity contribution < 1.29 is 9.50 Å². The Morgan fingerprint density at radius 3 is 2.71 bits per heavy atom. The van der Waals surface area contributed by atoms with E-state index in [0.29, 0.717) is 5.56 Å². The third-order valence-electron chi connectivity index (χ3n) is 3.23. The van der Waals surface area contributed by atoms with Gasteiger partial charge >= 0.3 is 0 Å². The highest BCUT2D eigenvalue weighted by Gasteiger charge is 2.34. The normalized spacial score (nSPS) is 24.1. The fraction of sp³-hybridized carbons (Fsp3) is 0.538. The topological polar surface area (TPSA) is 32.3 Å². The lowest BCUT2D eigenvalue weighted by Gasteiger charge is -2.23. The lowest BCUT2D eigenvalue weighted by Crippen LogP contribution is -2.40. The number of aliphatic hydroxyl groups excluding tert-OH is 1. The number of halogens is 2. The smallest absolute Gasteiger partial charge is 0.123 e. The largest absolute Gasteiger partial charge is 0.387 e. The highest BCUT2D eigenvalue weighted by Crippen LogP contribution is 2.30. The third kappa shape index (κ3) is 3.41. The van der Waals surface area contributed by atoms with E-state index in [1.165, 1.54) is 12.1 Å². The molecule has 2 rings (SSSR count). The van der Waals surface area contributed by atoms with E-state index >= 15 is 0 Å². The minimum atomic E-state index is -0.627. The van der Waals surface area contributed by atoms with Crippen LogP contribution >= 0.6 is 12.4 Å². The minimum absolute atomic E-state index is 0. The summed E-state index contributed by atoms with van der Waals surface area (Å²) in [4.78, 5) is 0. The van der Waals surface area contributed by atoms with E-state index in [0.717, 1.165) is 12.8 Å². The molecule has 1 aromatic carbocycles. The Morgan fingerprint density at radius 1 is 1.47 bits per heavy atom. The molecule has 96 valence electrons. The Bertz CT molecular complexity index is 383. The molecule has 0 aromatic heterocycles. The van der Waals surface area contributed by atoms with Crippen molar-refractivity contribution in [1.82, 2.24) is 5.32 Å². The fourth-order valence-electron chi connectivity index (χ4n) is 2.32. The van der Waals surface area contributed by atoms with Gasteiger partial charge in [0.25, 0.3) is 0 Å². The van der Waals surface area contributed by atoms with Gasteiger partial charge in [0.2, 0.25) is 0 Å². The maximum atomic E-state index is 13.0. The van der Waals surface area contributed by atoms with Gasteiger partial charge in [0.1, 0.15) is 5.82 Å². The van der Waals surface area contributed by atoms with E-state index in [9.17, 15) is 9.50 Å². The maximum Gasteiger partial charge on any atom is 0.123 e. The summed E-state index contributed by atoms with van der Waals surface area (Å²) in [6, 6.07) is 6.21. The molecule has 1 saturated heterocycles. The Morgan fingerprint density at radius 2 is 2.18 bits per heavy atom. The molecule has 0 aliphatic carbocycles. The van der Waals surface area contributed by atoms with Gasteiger partial charge in [-0.05, 0) is 44.4 Å². The Hall–Kier alpha value is -0.640. The first kappa shape index (κ1) is 14.4. The van der Waals surface area contributed by atoms with Gasteiger partial charge in [0, 0.05) is 11.6 Å². The fourth-order valence-corrected chi connectivity index (χ4v) is 2.32. The summed E-state index contributed by atoms with van der Waals surface area (Å²) >= 11 is 0. The van der Waals surface area contributed by atoms with Crippen LogP contribution in [0.5, 0.6) is 0 Å². The number of rotatable bonds is 2. The Balaban J connectivity index is 0.00000144. The summed E-state index contributed by atoms with van der Waals surface area (Å²) in [6.45, 7) is 4.23. The monoisotopic (exact) mass is 259 g/mol. The molecule has 2 nitrogen and oxygen atoms in total. The predicted octanol–water partition coefficient (Wildman–Crippen LogP) is 2.81. The molecule has 1 aliphatic rings. The molecule has 4 heteroatoms. The first-order valence-corrected chi connectivity index (χ1v) is 5.69. The van der Waals surface area contributed by atoms with Gasteiger partial charge in [-0.15, -0.1) is 12.4 Å². The van der Waals surface area contributed by atoms with E-state index in [1.54, 1.807) is 12.1 Å². The SMILES string of the molecule is CC1(C)CC[C@H]([C@@H](O)c2cccc(F)c2)N1.Cl. The molecular weight excluding hydrogens is 241 g/mol. The van der Waals surface area contributed by atoms with Crippen LogP contribution in [-0.4, -0.2) is 16.7 Å². The number of hydrogen-bond acceptors (Lipinski definition) is 2. The van der Waals surface area contributed by atoms with Crippen LogP contribution < -0.4 is 5.32 Å². The molecule has 2 atom stereocenters. The van der Waals surface area contributed by atoms with E-state index in [2.05, 4.69) is 19.2 Å². The van der Waals surface area contributed by atoms with Gasteiger partial charge in [0.15, 0.2) is 0 Å². The number of nitrogens with one attached hydrogen (secondary N) is 1. The highest BCUT2D eigenvalue weighted by molar-refractivity contribution is 5.85. The van der Waals surface area contributed by atoms with Crippen LogP contribution in [0.2, 0.25) is 0 Å². The molecule has 1 aliphatic heterocycles. The molecule has 17 heavy (non-hydrogen) atoms. The van der Waals surface area contributed by atoms with Crippen molar-refractivity contribution in [3.05, 3.63) is 35.6 Å². The second kappa shape index (κ2) is 5.34. The molecular formula is C13H19ClFNO. The zero-order valence-electron chi connectivity index (χ0n) is 10.1. The molecule has 0 saturated carbocycles. The third-order valence-corrected chi connectivity index (χ3v) is 3.23. The Labute approximate surface area is 108 Å². The van der Waals surface area contributed by atoms with Crippen molar-refractivity contribution in [2.75, 3.05) is 0 Å². The molecule has 1 fully saturated rings.